The molecule has 0 aliphatic heterocycles. The average molecular weight is 247 g/mol. The van der Waals surface area contributed by atoms with E-state index in [1.165, 1.54) is 6.07 Å². The van der Waals surface area contributed by atoms with Crippen LogP contribution in [0.25, 0.3) is 0 Å². The molecule has 0 heterocycles. The second-order valence-corrected chi connectivity index (χ2v) is 5.10. The van der Waals surface area contributed by atoms with E-state index in [4.69, 9.17) is 11.6 Å². The molecule has 0 fully saturated rings. The lowest BCUT2D eigenvalue weighted by Gasteiger charge is -2.11. The van der Waals surface area contributed by atoms with Crippen molar-refractivity contribution in [2.75, 3.05) is 0 Å². The maximum atomic E-state index is 13.3. The van der Waals surface area contributed by atoms with E-state index in [9.17, 15) is 8.78 Å². The van der Waals surface area contributed by atoms with E-state index in [1.54, 1.807) is 6.07 Å². The van der Waals surface area contributed by atoms with E-state index in [0.29, 0.717) is 17.9 Å². The van der Waals surface area contributed by atoms with Crippen molar-refractivity contribution in [1.29, 1.82) is 0 Å². The first-order chi connectivity index (χ1) is 7.50. The minimum Gasteiger partial charge on any atom is -0.204 e. The van der Waals surface area contributed by atoms with Crippen LogP contribution in [0.4, 0.5) is 8.78 Å². The molecular weight excluding hydrogens is 230 g/mol. The molecule has 1 unspecified atom stereocenters. The van der Waals surface area contributed by atoms with Crippen LogP contribution in [0.2, 0.25) is 0 Å². The highest BCUT2D eigenvalue weighted by atomic mass is 35.5. The first-order valence-electron chi connectivity index (χ1n) is 5.57. The standard InChI is InChI=1S/C13H17ClF2/c1-9(2)6-7-11(14)8-10-4-3-5-12(15)13(10)16/h3-5,9,11H,6-8H2,1-2H3. The van der Waals surface area contributed by atoms with Crippen LogP contribution >= 0.6 is 11.6 Å². The van der Waals surface area contributed by atoms with Crippen molar-refractivity contribution in [3.8, 4) is 0 Å². The molecule has 1 atom stereocenters. The van der Waals surface area contributed by atoms with Gasteiger partial charge in [0.25, 0.3) is 0 Å². The molecule has 1 rings (SSSR count). The van der Waals surface area contributed by atoms with Gasteiger partial charge in [-0.05, 0) is 36.8 Å². The van der Waals surface area contributed by atoms with E-state index in [-0.39, 0.29) is 5.38 Å². The van der Waals surface area contributed by atoms with Gasteiger partial charge in [-0.2, -0.15) is 0 Å². The fourth-order valence-electron chi connectivity index (χ4n) is 1.56. The van der Waals surface area contributed by atoms with E-state index < -0.39 is 11.6 Å². The molecule has 1 aromatic carbocycles. The lowest BCUT2D eigenvalue weighted by atomic mass is 10.0. The summed E-state index contributed by atoms with van der Waals surface area (Å²) in [7, 11) is 0. The van der Waals surface area contributed by atoms with Crippen LogP contribution in [0.15, 0.2) is 18.2 Å². The lowest BCUT2D eigenvalue weighted by Crippen LogP contribution is -2.07. The van der Waals surface area contributed by atoms with E-state index in [2.05, 4.69) is 13.8 Å². The summed E-state index contributed by atoms with van der Waals surface area (Å²) >= 11 is 6.09. The van der Waals surface area contributed by atoms with Gasteiger partial charge in [-0.1, -0.05) is 26.0 Å². The van der Waals surface area contributed by atoms with Crippen molar-refractivity contribution in [2.24, 2.45) is 5.92 Å². The monoisotopic (exact) mass is 246 g/mol. The number of hydrogen-bond acceptors (Lipinski definition) is 0. The third-order valence-corrected chi connectivity index (χ3v) is 2.90. The Hall–Kier alpha value is -0.630. The van der Waals surface area contributed by atoms with Gasteiger partial charge in [0.15, 0.2) is 11.6 Å². The summed E-state index contributed by atoms with van der Waals surface area (Å²) in [5.41, 5.74) is 0.365. The van der Waals surface area contributed by atoms with Crippen LogP contribution in [0.5, 0.6) is 0 Å². The molecule has 90 valence electrons. The zero-order chi connectivity index (χ0) is 12.1. The Morgan fingerprint density at radius 3 is 2.50 bits per heavy atom. The lowest BCUT2D eigenvalue weighted by molar-refractivity contribution is 0.492. The summed E-state index contributed by atoms with van der Waals surface area (Å²) in [5.74, 6) is -0.985. The molecule has 0 aliphatic rings. The van der Waals surface area contributed by atoms with Gasteiger partial charge < -0.3 is 0 Å². The molecule has 0 nitrogen and oxygen atoms in total. The first-order valence-corrected chi connectivity index (χ1v) is 6.01. The topological polar surface area (TPSA) is 0 Å². The van der Waals surface area contributed by atoms with Crippen molar-refractivity contribution < 1.29 is 8.78 Å². The predicted octanol–water partition coefficient (Wildman–Crippen LogP) is 4.55. The SMILES string of the molecule is CC(C)CCC(Cl)Cc1cccc(F)c1F. The summed E-state index contributed by atoms with van der Waals surface area (Å²) < 4.78 is 26.3. The first kappa shape index (κ1) is 13.4. The van der Waals surface area contributed by atoms with Crippen LogP contribution in [-0.4, -0.2) is 5.38 Å². The smallest absolute Gasteiger partial charge is 0.162 e. The Morgan fingerprint density at radius 1 is 1.19 bits per heavy atom. The van der Waals surface area contributed by atoms with Crippen molar-refractivity contribution in [2.45, 2.75) is 38.5 Å². The Balaban J connectivity index is 2.56. The number of rotatable bonds is 5. The number of alkyl halides is 1. The van der Waals surface area contributed by atoms with Gasteiger partial charge in [-0.15, -0.1) is 11.6 Å². The second kappa shape index (κ2) is 6.19. The van der Waals surface area contributed by atoms with E-state index >= 15 is 0 Å². The highest BCUT2D eigenvalue weighted by Crippen LogP contribution is 2.19. The van der Waals surface area contributed by atoms with Gasteiger partial charge in [0, 0.05) is 5.38 Å². The summed E-state index contributed by atoms with van der Waals surface area (Å²) in [6, 6.07) is 4.22. The zero-order valence-electron chi connectivity index (χ0n) is 9.64. The Morgan fingerprint density at radius 2 is 1.88 bits per heavy atom. The van der Waals surface area contributed by atoms with Crippen molar-refractivity contribution in [3.63, 3.8) is 0 Å². The minimum absolute atomic E-state index is 0.126. The van der Waals surface area contributed by atoms with Gasteiger partial charge in [-0.3, -0.25) is 0 Å². The molecule has 0 spiro atoms. The minimum atomic E-state index is -0.801. The molecule has 0 aliphatic carbocycles. The molecule has 0 N–H and O–H groups in total. The summed E-state index contributed by atoms with van der Waals surface area (Å²) in [6.45, 7) is 4.23. The Labute approximate surface area is 101 Å². The quantitative estimate of drug-likeness (QED) is 0.669. The highest BCUT2D eigenvalue weighted by molar-refractivity contribution is 6.20. The molecule has 16 heavy (non-hydrogen) atoms. The molecule has 1 aromatic rings. The largest absolute Gasteiger partial charge is 0.204 e. The molecule has 0 bridgehead atoms. The molecule has 0 amide bonds. The summed E-state index contributed by atoms with van der Waals surface area (Å²) in [6.07, 6.45) is 2.22. The fourth-order valence-corrected chi connectivity index (χ4v) is 1.85. The van der Waals surface area contributed by atoms with Crippen molar-refractivity contribution in [3.05, 3.63) is 35.4 Å². The third-order valence-electron chi connectivity index (χ3n) is 2.53. The van der Waals surface area contributed by atoms with Gasteiger partial charge >= 0.3 is 0 Å². The normalized spacial score (nSPS) is 13.1. The van der Waals surface area contributed by atoms with Crippen LogP contribution in [-0.2, 0) is 6.42 Å². The Bertz CT molecular complexity index is 337. The molecule has 0 aromatic heterocycles. The van der Waals surface area contributed by atoms with Gasteiger partial charge in [0.1, 0.15) is 0 Å². The maximum Gasteiger partial charge on any atom is 0.162 e. The van der Waals surface area contributed by atoms with E-state index in [0.717, 1.165) is 18.9 Å². The van der Waals surface area contributed by atoms with Crippen LogP contribution < -0.4 is 0 Å². The van der Waals surface area contributed by atoms with Gasteiger partial charge in [0.2, 0.25) is 0 Å². The molecule has 0 radical (unpaired) electrons. The summed E-state index contributed by atoms with van der Waals surface area (Å²) in [4.78, 5) is 0. The number of benzene rings is 1. The number of hydrogen-bond donors (Lipinski definition) is 0. The average Bonchev–Trinajstić information content (AvgIpc) is 2.22. The van der Waals surface area contributed by atoms with E-state index in [1.807, 2.05) is 0 Å². The van der Waals surface area contributed by atoms with Crippen LogP contribution in [0, 0.1) is 17.6 Å². The Kier molecular flexibility index (Phi) is 5.20. The summed E-state index contributed by atoms with van der Waals surface area (Å²) in [5, 5.41) is -0.126. The van der Waals surface area contributed by atoms with Crippen LogP contribution in [0.1, 0.15) is 32.3 Å². The molecular formula is C13H17ClF2. The molecule has 0 saturated heterocycles. The number of halogens is 3. The second-order valence-electron chi connectivity index (χ2n) is 4.49. The van der Waals surface area contributed by atoms with Crippen LogP contribution in [0.3, 0.4) is 0 Å². The predicted molar refractivity (Wildman–Crippen MR) is 63.8 cm³/mol. The third kappa shape index (κ3) is 4.09. The zero-order valence-corrected chi connectivity index (χ0v) is 10.4. The van der Waals surface area contributed by atoms with Gasteiger partial charge in [-0.25, -0.2) is 8.78 Å². The fraction of sp³-hybridized carbons (Fsp3) is 0.538. The molecule has 0 saturated carbocycles. The maximum absolute atomic E-state index is 13.3. The molecule has 3 heteroatoms. The van der Waals surface area contributed by atoms with Crippen molar-refractivity contribution in [1.82, 2.24) is 0 Å². The van der Waals surface area contributed by atoms with Gasteiger partial charge in [0.05, 0.1) is 0 Å². The van der Waals surface area contributed by atoms with Crippen molar-refractivity contribution >= 4 is 11.6 Å². The highest BCUT2D eigenvalue weighted by Gasteiger charge is 2.12.